The number of benzene rings is 2. The molecule has 2 aromatic rings. The predicted molar refractivity (Wildman–Crippen MR) is 118 cm³/mol. The van der Waals surface area contributed by atoms with Crippen molar-refractivity contribution in [3.63, 3.8) is 0 Å². The van der Waals surface area contributed by atoms with Gasteiger partial charge in [0.25, 0.3) is 5.91 Å². The third-order valence-corrected chi connectivity index (χ3v) is 4.83. The molecule has 6 nitrogen and oxygen atoms in total. The zero-order valence-electron chi connectivity index (χ0n) is 17.5. The fraction of sp³-hybridized carbons (Fsp3) is 0.391. The number of nitrogens with one attached hydrogen (secondary N) is 1. The molecule has 2 aromatic carbocycles. The van der Waals surface area contributed by atoms with Crippen LogP contribution in [0.1, 0.15) is 25.8 Å². The molecule has 0 aliphatic carbocycles. The van der Waals surface area contributed by atoms with Gasteiger partial charge in [0.2, 0.25) is 5.91 Å². The molecule has 0 radical (unpaired) electrons. The maximum absolute atomic E-state index is 13.0. The summed E-state index contributed by atoms with van der Waals surface area (Å²) in [7, 11) is 0. The molecule has 2 amide bonds. The van der Waals surface area contributed by atoms with Gasteiger partial charge in [-0.25, -0.2) is 0 Å². The molecule has 0 bridgehead atoms. The maximum atomic E-state index is 13.0. The summed E-state index contributed by atoms with van der Waals surface area (Å²) < 4.78 is 10.9. The topological polar surface area (TPSA) is 67.9 Å². The van der Waals surface area contributed by atoms with Gasteiger partial charge in [-0.15, -0.1) is 0 Å². The van der Waals surface area contributed by atoms with Crippen LogP contribution in [0.4, 0.5) is 0 Å². The molecule has 30 heavy (non-hydrogen) atoms. The second kappa shape index (κ2) is 12.9. The number of halogens is 1. The number of carbonyl (C=O) groups is 2. The van der Waals surface area contributed by atoms with E-state index >= 15 is 0 Å². The van der Waals surface area contributed by atoms with Crippen LogP contribution in [0.2, 0.25) is 5.02 Å². The van der Waals surface area contributed by atoms with Gasteiger partial charge in [0.05, 0.1) is 5.02 Å². The number of nitrogens with zero attached hydrogens (tertiary/aromatic N) is 1. The molecule has 162 valence electrons. The maximum Gasteiger partial charge on any atom is 0.261 e. The number of hydrogen-bond donors (Lipinski definition) is 1. The molecular formula is C23H29ClN2O4. The van der Waals surface area contributed by atoms with E-state index in [0.29, 0.717) is 43.5 Å². The zero-order valence-corrected chi connectivity index (χ0v) is 18.2. The molecule has 0 spiro atoms. The average Bonchev–Trinajstić information content (AvgIpc) is 2.76. The molecule has 0 fully saturated rings. The van der Waals surface area contributed by atoms with Crippen LogP contribution in [-0.2, 0) is 20.9 Å². The van der Waals surface area contributed by atoms with E-state index in [0.717, 1.165) is 5.56 Å². The lowest BCUT2D eigenvalue weighted by Gasteiger charge is -2.28. The lowest BCUT2D eigenvalue weighted by atomic mass is 10.1. The summed E-state index contributed by atoms with van der Waals surface area (Å²) in [5.41, 5.74) is 0.930. The first-order chi connectivity index (χ1) is 14.5. The highest BCUT2D eigenvalue weighted by atomic mass is 35.5. The lowest BCUT2D eigenvalue weighted by Crippen LogP contribution is -2.49. The molecule has 2 rings (SSSR count). The van der Waals surface area contributed by atoms with E-state index in [9.17, 15) is 9.59 Å². The van der Waals surface area contributed by atoms with Crippen LogP contribution in [0.5, 0.6) is 5.75 Å². The van der Waals surface area contributed by atoms with Crippen molar-refractivity contribution in [1.82, 2.24) is 10.2 Å². The van der Waals surface area contributed by atoms with Gasteiger partial charge in [-0.05, 0) is 38.0 Å². The average molecular weight is 433 g/mol. The van der Waals surface area contributed by atoms with Crippen LogP contribution >= 0.6 is 11.6 Å². The van der Waals surface area contributed by atoms with E-state index in [2.05, 4.69) is 5.32 Å². The standard InChI is InChI=1S/C23H29ClN2O4/c1-3-29-15-9-14-25-23(28)18(2)26(16-19-10-5-4-6-11-19)22(27)17-30-21-13-8-7-12-20(21)24/h4-8,10-13,18H,3,9,14-17H2,1-2H3,(H,25,28)/t18-/m1/s1. The first-order valence-electron chi connectivity index (χ1n) is 10.1. The molecule has 0 aromatic heterocycles. The Morgan fingerprint density at radius 2 is 1.80 bits per heavy atom. The van der Waals surface area contributed by atoms with E-state index in [1.54, 1.807) is 31.2 Å². The normalized spacial score (nSPS) is 11.6. The van der Waals surface area contributed by atoms with Crippen LogP contribution in [-0.4, -0.2) is 49.1 Å². The first-order valence-corrected chi connectivity index (χ1v) is 10.5. The Balaban J connectivity index is 2.02. The van der Waals surface area contributed by atoms with Gasteiger partial charge in [0.1, 0.15) is 11.8 Å². The number of hydrogen-bond acceptors (Lipinski definition) is 4. The van der Waals surface area contributed by atoms with E-state index < -0.39 is 6.04 Å². The molecular weight excluding hydrogens is 404 g/mol. The van der Waals surface area contributed by atoms with Crippen molar-refractivity contribution in [1.29, 1.82) is 0 Å². The Morgan fingerprint density at radius 3 is 2.50 bits per heavy atom. The molecule has 1 atom stereocenters. The number of para-hydroxylation sites is 1. The van der Waals surface area contributed by atoms with Gasteiger partial charge in [-0.3, -0.25) is 9.59 Å². The van der Waals surface area contributed by atoms with Gasteiger partial charge >= 0.3 is 0 Å². The van der Waals surface area contributed by atoms with Gasteiger partial charge in [0, 0.05) is 26.3 Å². The van der Waals surface area contributed by atoms with Crippen molar-refractivity contribution >= 4 is 23.4 Å². The van der Waals surface area contributed by atoms with E-state index in [1.807, 2.05) is 37.3 Å². The summed E-state index contributed by atoms with van der Waals surface area (Å²) in [6.07, 6.45) is 0.717. The highest BCUT2D eigenvalue weighted by molar-refractivity contribution is 6.32. The molecule has 0 unspecified atom stereocenters. The first kappa shape index (κ1) is 23.7. The summed E-state index contributed by atoms with van der Waals surface area (Å²) in [4.78, 5) is 27.1. The Kier molecular flexibility index (Phi) is 10.2. The molecule has 0 saturated heterocycles. The van der Waals surface area contributed by atoms with Crippen molar-refractivity contribution in [2.75, 3.05) is 26.4 Å². The summed E-state index contributed by atoms with van der Waals surface area (Å²) in [5.74, 6) is -0.0792. The van der Waals surface area contributed by atoms with Crippen LogP contribution < -0.4 is 10.1 Å². The monoisotopic (exact) mass is 432 g/mol. The molecule has 0 aliphatic rings. The molecule has 0 saturated carbocycles. The summed E-state index contributed by atoms with van der Waals surface area (Å²) >= 11 is 6.10. The largest absolute Gasteiger partial charge is 0.482 e. The summed E-state index contributed by atoms with van der Waals surface area (Å²) in [6, 6.07) is 15.9. The van der Waals surface area contributed by atoms with Gasteiger partial charge < -0.3 is 19.7 Å². The number of rotatable bonds is 12. The highest BCUT2D eigenvalue weighted by Gasteiger charge is 2.26. The minimum Gasteiger partial charge on any atom is -0.482 e. The van der Waals surface area contributed by atoms with Crippen LogP contribution in [0.25, 0.3) is 0 Å². The van der Waals surface area contributed by atoms with Gasteiger partial charge in [-0.2, -0.15) is 0 Å². The number of amides is 2. The summed E-state index contributed by atoms with van der Waals surface area (Å²) in [6.45, 7) is 5.47. The Hall–Kier alpha value is -2.57. The second-order valence-corrected chi connectivity index (χ2v) is 7.15. The quantitative estimate of drug-likeness (QED) is 0.519. The third-order valence-electron chi connectivity index (χ3n) is 4.52. The Bertz CT molecular complexity index is 801. The number of ether oxygens (including phenoxy) is 2. The molecule has 0 heterocycles. The predicted octanol–water partition coefficient (Wildman–Crippen LogP) is 3.68. The van der Waals surface area contributed by atoms with Crippen molar-refractivity contribution in [3.05, 3.63) is 65.2 Å². The van der Waals surface area contributed by atoms with E-state index in [1.165, 1.54) is 4.90 Å². The van der Waals surface area contributed by atoms with E-state index in [4.69, 9.17) is 21.1 Å². The fourth-order valence-corrected chi connectivity index (χ4v) is 3.02. The van der Waals surface area contributed by atoms with Crippen molar-refractivity contribution in [2.45, 2.75) is 32.9 Å². The fourth-order valence-electron chi connectivity index (χ4n) is 2.82. The Morgan fingerprint density at radius 1 is 1.10 bits per heavy atom. The minimum absolute atomic E-state index is 0.210. The smallest absolute Gasteiger partial charge is 0.261 e. The van der Waals surface area contributed by atoms with Crippen LogP contribution in [0, 0.1) is 0 Å². The number of carbonyl (C=O) groups excluding carboxylic acids is 2. The second-order valence-electron chi connectivity index (χ2n) is 6.74. The summed E-state index contributed by atoms with van der Waals surface area (Å²) in [5, 5.41) is 3.30. The Labute approximate surface area is 183 Å². The molecule has 0 aliphatic heterocycles. The molecule has 7 heteroatoms. The van der Waals surface area contributed by atoms with E-state index in [-0.39, 0.29) is 18.4 Å². The lowest BCUT2D eigenvalue weighted by molar-refractivity contribution is -0.142. The minimum atomic E-state index is -0.653. The van der Waals surface area contributed by atoms with Gasteiger partial charge in [-0.1, -0.05) is 54.1 Å². The zero-order chi connectivity index (χ0) is 21.8. The third kappa shape index (κ3) is 7.69. The SMILES string of the molecule is CCOCCCNC(=O)[C@@H](C)N(Cc1ccccc1)C(=O)COc1ccccc1Cl. The van der Waals surface area contributed by atoms with Crippen LogP contribution in [0.15, 0.2) is 54.6 Å². The molecule has 1 N–H and O–H groups in total. The van der Waals surface area contributed by atoms with Gasteiger partial charge in [0.15, 0.2) is 6.61 Å². The van der Waals surface area contributed by atoms with Crippen molar-refractivity contribution in [2.24, 2.45) is 0 Å². The highest BCUT2D eigenvalue weighted by Crippen LogP contribution is 2.23. The van der Waals surface area contributed by atoms with Crippen molar-refractivity contribution in [3.8, 4) is 5.75 Å². The van der Waals surface area contributed by atoms with Crippen LogP contribution in [0.3, 0.4) is 0 Å². The van der Waals surface area contributed by atoms with Crippen molar-refractivity contribution < 1.29 is 19.1 Å².